The maximum Gasteiger partial charge on any atom is 0.233 e. The molecule has 3 nitrogen and oxygen atoms in total. The van der Waals surface area contributed by atoms with Crippen LogP contribution in [-0.2, 0) is 4.79 Å². The monoisotopic (exact) mass is 258 g/mol. The Morgan fingerprint density at radius 2 is 2.06 bits per heavy atom. The summed E-state index contributed by atoms with van der Waals surface area (Å²) in [6.07, 6.45) is 7.44. The number of amides is 1. The Morgan fingerprint density at radius 3 is 2.38 bits per heavy atom. The lowest BCUT2D eigenvalue weighted by molar-refractivity contribution is -0.124. The van der Waals surface area contributed by atoms with Gasteiger partial charge in [-0.1, -0.05) is 18.6 Å². The average Bonchev–Trinajstić information content (AvgIpc) is 2.97. The van der Waals surface area contributed by atoms with Crippen molar-refractivity contribution in [2.24, 2.45) is 11.1 Å². The third-order valence-electron chi connectivity index (χ3n) is 3.93. The molecule has 2 fully saturated rings. The van der Waals surface area contributed by atoms with Gasteiger partial charge in [0.25, 0.3) is 0 Å². The molecule has 0 aromatic carbocycles. The number of hydrogen-bond donors (Lipinski definition) is 2. The van der Waals surface area contributed by atoms with Gasteiger partial charge in [-0.25, -0.2) is 0 Å². The molecule has 1 amide bonds. The van der Waals surface area contributed by atoms with E-state index < -0.39 is 5.41 Å². The number of hydrogen-bond acceptors (Lipinski definition) is 3. The number of thioether (sulfide) groups is 1. The number of nitrogens with one attached hydrogen (secondary N) is 1. The molecular formula is C11H18N2OS2. The molecule has 2 saturated carbocycles. The SMILES string of the molecule is CSC1(CNC(=O)C2(C(N)=S)CC2)CCC1. The first-order chi connectivity index (χ1) is 7.55. The summed E-state index contributed by atoms with van der Waals surface area (Å²) in [7, 11) is 0. The summed E-state index contributed by atoms with van der Waals surface area (Å²) < 4.78 is 0.280. The quantitative estimate of drug-likeness (QED) is 0.733. The van der Waals surface area contributed by atoms with Crippen molar-refractivity contribution in [3.8, 4) is 0 Å². The van der Waals surface area contributed by atoms with Crippen LogP contribution in [0.2, 0.25) is 0 Å². The maximum atomic E-state index is 12.0. The van der Waals surface area contributed by atoms with E-state index in [0.717, 1.165) is 19.4 Å². The van der Waals surface area contributed by atoms with Crippen LogP contribution in [0.25, 0.3) is 0 Å². The summed E-state index contributed by atoms with van der Waals surface area (Å²) >= 11 is 6.82. The van der Waals surface area contributed by atoms with Gasteiger partial charge >= 0.3 is 0 Å². The van der Waals surface area contributed by atoms with Crippen LogP contribution in [0.3, 0.4) is 0 Å². The highest BCUT2D eigenvalue weighted by Crippen LogP contribution is 2.47. The molecular weight excluding hydrogens is 240 g/mol. The molecule has 2 aliphatic rings. The number of nitrogens with two attached hydrogens (primary N) is 1. The van der Waals surface area contributed by atoms with E-state index in [1.807, 2.05) is 11.8 Å². The molecule has 0 bridgehead atoms. The Bertz CT molecular complexity index is 316. The van der Waals surface area contributed by atoms with Gasteiger partial charge in [0.2, 0.25) is 5.91 Å². The van der Waals surface area contributed by atoms with Crippen LogP contribution in [0.1, 0.15) is 32.1 Å². The highest BCUT2D eigenvalue weighted by molar-refractivity contribution is 8.00. The highest BCUT2D eigenvalue weighted by atomic mass is 32.2. The zero-order chi connectivity index (χ0) is 11.8. The number of carbonyl (C=O) groups excluding carboxylic acids is 1. The maximum absolute atomic E-state index is 12.0. The van der Waals surface area contributed by atoms with Crippen molar-refractivity contribution in [3.63, 3.8) is 0 Å². The topological polar surface area (TPSA) is 55.1 Å². The summed E-state index contributed by atoms with van der Waals surface area (Å²) in [6, 6.07) is 0. The summed E-state index contributed by atoms with van der Waals surface area (Å²) in [6.45, 7) is 0.761. The Morgan fingerprint density at radius 1 is 1.44 bits per heavy atom. The van der Waals surface area contributed by atoms with Crippen molar-refractivity contribution >= 4 is 34.9 Å². The number of thiocarbonyl (C=S) groups is 1. The first-order valence-corrected chi connectivity index (χ1v) is 7.31. The van der Waals surface area contributed by atoms with Crippen molar-refractivity contribution in [1.82, 2.24) is 5.32 Å². The van der Waals surface area contributed by atoms with Crippen molar-refractivity contribution in [2.75, 3.05) is 12.8 Å². The van der Waals surface area contributed by atoms with Crippen LogP contribution in [-0.4, -0.2) is 28.4 Å². The summed E-state index contributed by atoms with van der Waals surface area (Å²) in [5.74, 6) is 0.0420. The van der Waals surface area contributed by atoms with Gasteiger partial charge < -0.3 is 11.1 Å². The van der Waals surface area contributed by atoms with E-state index in [1.165, 1.54) is 19.3 Å². The predicted molar refractivity (Wildman–Crippen MR) is 71.6 cm³/mol. The molecule has 16 heavy (non-hydrogen) atoms. The second-order valence-electron chi connectivity index (χ2n) is 4.87. The molecule has 0 atom stereocenters. The second-order valence-corrected chi connectivity index (χ2v) is 6.58. The van der Waals surface area contributed by atoms with Crippen molar-refractivity contribution in [3.05, 3.63) is 0 Å². The smallest absolute Gasteiger partial charge is 0.233 e. The van der Waals surface area contributed by atoms with Gasteiger partial charge in [-0.3, -0.25) is 4.79 Å². The van der Waals surface area contributed by atoms with E-state index in [0.29, 0.717) is 4.99 Å². The van der Waals surface area contributed by atoms with Gasteiger partial charge in [0.15, 0.2) is 0 Å². The van der Waals surface area contributed by atoms with Crippen LogP contribution in [0.4, 0.5) is 0 Å². The molecule has 0 aliphatic heterocycles. The number of carbonyl (C=O) groups is 1. The fourth-order valence-corrected chi connectivity index (χ4v) is 3.36. The van der Waals surface area contributed by atoms with Crippen LogP contribution < -0.4 is 11.1 Å². The molecule has 0 unspecified atom stereocenters. The first-order valence-electron chi connectivity index (χ1n) is 5.68. The van der Waals surface area contributed by atoms with Gasteiger partial charge in [-0.15, -0.1) is 0 Å². The second kappa shape index (κ2) is 4.18. The van der Waals surface area contributed by atoms with Crippen LogP contribution >= 0.6 is 24.0 Å². The minimum Gasteiger partial charge on any atom is -0.392 e. The lowest BCUT2D eigenvalue weighted by Gasteiger charge is -2.40. The van der Waals surface area contributed by atoms with Crippen LogP contribution in [0.5, 0.6) is 0 Å². The lowest BCUT2D eigenvalue weighted by atomic mass is 9.84. The van der Waals surface area contributed by atoms with E-state index in [1.54, 1.807) is 0 Å². The molecule has 0 heterocycles. The first kappa shape index (κ1) is 12.2. The molecule has 5 heteroatoms. The van der Waals surface area contributed by atoms with Gasteiger partial charge in [0.1, 0.15) is 0 Å². The minimum atomic E-state index is -0.501. The summed E-state index contributed by atoms with van der Waals surface area (Å²) in [5.41, 5.74) is 5.12. The minimum absolute atomic E-state index is 0.0420. The normalized spacial score (nSPS) is 24.3. The average molecular weight is 258 g/mol. The third kappa shape index (κ3) is 1.95. The van der Waals surface area contributed by atoms with Gasteiger partial charge in [0, 0.05) is 11.3 Å². The largest absolute Gasteiger partial charge is 0.392 e. The Balaban J connectivity index is 1.87. The van der Waals surface area contributed by atoms with Crippen LogP contribution in [0.15, 0.2) is 0 Å². The molecule has 90 valence electrons. The van der Waals surface area contributed by atoms with E-state index in [-0.39, 0.29) is 10.7 Å². The van der Waals surface area contributed by atoms with Crippen molar-refractivity contribution in [2.45, 2.75) is 36.9 Å². The van der Waals surface area contributed by atoms with Crippen molar-refractivity contribution < 1.29 is 4.79 Å². The van der Waals surface area contributed by atoms with Crippen molar-refractivity contribution in [1.29, 1.82) is 0 Å². The van der Waals surface area contributed by atoms with E-state index in [4.69, 9.17) is 18.0 Å². The zero-order valence-electron chi connectivity index (χ0n) is 9.54. The molecule has 0 aromatic heterocycles. The van der Waals surface area contributed by atoms with Crippen LogP contribution in [0, 0.1) is 5.41 Å². The lowest BCUT2D eigenvalue weighted by Crippen LogP contribution is -2.48. The standard InChI is InChI=1S/C11H18N2OS2/c1-16-10(3-2-4-10)7-13-9(14)11(5-6-11)8(12)15/h2-7H2,1H3,(H2,12,15)(H,13,14). The predicted octanol–water partition coefficient (Wildman–Crippen LogP) is 1.45. The molecule has 2 aliphatic carbocycles. The summed E-state index contributed by atoms with van der Waals surface area (Å²) in [4.78, 5) is 12.3. The molecule has 0 aromatic rings. The number of rotatable bonds is 5. The molecule has 2 rings (SSSR count). The fraction of sp³-hybridized carbons (Fsp3) is 0.818. The molecule has 3 N–H and O–H groups in total. The summed E-state index contributed by atoms with van der Waals surface area (Å²) in [5, 5.41) is 3.03. The highest BCUT2D eigenvalue weighted by Gasteiger charge is 2.53. The Hall–Kier alpha value is -0.290. The molecule has 0 saturated heterocycles. The Kier molecular flexibility index (Phi) is 3.18. The van der Waals surface area contributed by atoms with Gasteiger partial charge in [-0.2, -0.15) is 11.8 Å². The van der Waals surface area contributed by atoms with E-state index >= 15 is 0 Å². The van der Waals surface area contributed by atoms with Gasteiger partial charge in [0.05, 0.1) is 10.4 Å². The fourth-order valence-electron chi connectivity index (χ4n) is 2.15. The Labute approximate surface area is 106 Å². The zero-order valence-corrected chi connectivity index (χ0v) is 11.2. The molecule has 0 radical (unpaired) electrons. The van der Waals surface area contributed by atoms with E-state index in [2.05, 4.69) is 11.6 Å². The van der Waals surface area contributed by atoms with Gasteiger partial charge in [-0.05, 0) is 31.9 Å². The van der Waals surface area contributed by atoms with E-state index in [9.17, 15) is 4.79 Å². The molecule has 0 spiro atoms. The third-order valence-corrected chi connectivity index (χ3v) is 5.73.